The fourth-order valence-corrected chi connectivity index (χ4v) is 2.84. The van der Waals surface area contributed by atoms with Gasteiger partial charge in [0.2, 0.25) is 0 Å². The van der Waals surface area contributed by atoms with Crippen LogP contribution in [0.1, 0.15) is 30.1 Å². The Balaban J connectivity index is 2.08. The Hall–Kier alpha value is -0.580. The second-order valence-electron chi connectivity index (χ2n) is 4.77. The number of carbonyl (C=O) groups is 1. The Bertz CT molecular complexity index is 461. The van der Waals surface area contributed by atoms with Crippen LogP contribution in [0.5, 0.6) is 0 Å². The van der Waals surface area contributed by atoms with Crippen molar-refractivity contribution in [2.75, 3.05) is 19.6 Å². The fraction of sp³-hybridized carbons (Fsp3) is 0.500. The maximum Gasteiger partial charge on any atom is 0.253 e. The van der Waals surface area contributed by atoms with Crippen LogP contribution in [-0.2, 0) is 0 Å². The van der Waals surface area contributed by atoms with Crippen LogP contribution in [0.15, 0.2) is 22.7 Å². The average molecular weight is 346 g/mol. The summed E-state index contributed by atoms with van der Waals surface area (Å²) in [5.74, 6) is 0.0635. The van der Waals surface area contributed by atoms with Gasteiger partial charge in [-0.2, -0.15) is 0 Å². The summed E-state index contributed by atoms with van der Waals surface area (Å²) in [4.78, 5) is 14.3. The molecule has 3 nitrogen and oxygen atoms in total. The van der Waals surface area contributed by atoms with Crippen molar-refractivity contribution >= 4 is 33.4 Å². The molecule has 19 heavy (non-hydrogen) atoms. The average Bonchev–Trinajstić information content (AvgIpc) is 2.91. The topological polar surface area (TPSA) is 32.3 Å². The van der Waals surface area contributed by atoms with E-state index in [4.69, 9.17) is 11.6 Å². The lowest BCUT2D eigenvalue weighted by Crippen LogP contribution is -2.41. The molecule has 1 unspecified atom stereocenters. The quantitative estimate of drug-likeness (QED) is 0.908. The summed E-state index contributed by atoms with van der Waals surface area (Å²) < 4.78 is 0.759. The van der Waals surface area contributed by atoms with Crippen molar-refractivity contribution in [2.24, 2.45) is 0 Å². The van der Waals surface area contributed by atoms with Gasteiger partial charge in [0.25, 0.3) is 5.91 Å². The Morgan fingerprint density at radius 2 is 2.37 bits per heavy atom. The number of halogens is 2. The SMILES string of the molecule is CCN(CC1CCCN1)C(=O)c1ccc(Cl)c(Br)c1. The number of nitrogens with one attached hydrogen (secondary N) is 1. The first-order chi connectivity index (χ1) is 9.11. The molecule has 0 aliphatic carbocycles. The van der Waals surface area contributed by atoms with Gasteiger partial charge < -0.3 is 10.2 Å². The largest absolute Gasteiger partial charge is 0.337 e. The summed E-state index contributed by atoms with van der Waals surface area (Å²) >= 11 is 9.31. The van der Waals surface area contributed by atoms with Crippen molar-refractivity contribution in [3.8, 4) is 0 Å². The monoisotopic (exact) mass is 344 g/mol. The molecule has 104 valence electrons. The number of amides is 1. The van der Waals surface area contributed by atoms with E-state index in [-0.39, 0.29) is 5.91 Å². The van der Waals surface area contributed by atoms with E-state index in [0.717, 1.165) is 30.5 Å². The maximum absolute atomic E-state index is 12.5. The van der Waals surface area contributed by atoms with Crippen LogP contribution in [0, 0.1) is 0 Å². The number of rotatable bonds is 4. The van der Waals surface area contributed by atoms with Crippen LogP contribution in [0.25, 0.3) is 0 Å². The third-order valence-electron chi connectivity index (χ3n) is 3.44. The molecule has 0 spiro atoms. The van der Waals surface area contributed by atoms with Gasteiger partial charge in [0.05, 0.1) is 5.02 Å². The van der Waals surface area contributed by atoms with Gasteiger partial charge in [-0.15, -0.1) is 0 Å². The number of hydrogen-bond acceptors (Lipinski definition) is 2. The van der Waals surface area contributed by atoms with E-state index in [1.54, 1.807) is 18.2 Å². The Labute approximate surface area is 127 Å². The minimum atomic E-state index is 0.0635. The van der Waals surface area contributed by atoms with Crippen LogP contribution in [-0.4, -0.2) is 36.5 Å². The molecule has 1 atom stereocenters. The van der Waals surface area contributed by atoms with Gasteiger partial charge in [-0.05, 0) is 60.4 Å². The molecule has 2 rings (SSSR count). The molecule has 1 aliphatic rings. The molecule has 1 heterocycles. The van der Waals surface area contributed by atoms with Crippen molar-refractivity contribution in [3.63, 3.8) is 0 Å². The molecule has 1 aromatic rings. The highest BCUT2D eigenvalue weighted by Gasteiger charge is 2.21. The summed E-state index contributed by atoms with van der Waals surface area (Å²) in [6, 6.07) is 5.75. The van der Waals surface area contributed by atoms with Crippen LogP contribution in [0.3, 0.4) is 0 Å². The van der Waals surface area contributed by atoms with E-state index in [1.807, 2.05) is 11.8 Å². The summed E-state index contributed by atoms with van der Waals surface area (Å²) in [6.07, 6.45) is 2.34. The van der Waals surface area contributed by atoms with Crippen molar-refractivity contribution in [1.82, 2.24) is 10.2 Å². The third-order valence-corrected chi connectivity index (χ3v) is 4.65. The van der Waals surface area contributed by atoms with Crippen LogP contribution >= 0.6 is 27.5 Å². The fourth-order valence-electron chi connectivity index (χ4n) is 2.35. The number of likely N-dealkylation sites (N-methyl/N-ethyl adjacent to an activating group) is 1. The summed E-state index contributed by atoms with van der Waals surface area (Å²) in [7, 11) is 0. The Morgan fingerprint density at radius 3 is 2.95 bits per heavy atom. The molecule has 1 fully saturated rings. The number of benzene rings is 1. The summed E-state index contributed by atoms with van der Waals surface area (Å²) in [6.45, 7) is 4.56. The van der Waals surface area contributed by atoms with Crippen molar-refractivity contribution in [1.29, 1.82) is 0 Å². The molecular formula is C14H18BrClN2O. The van der Waals surface area contributed by atoms with E-state index in [9.17, 15) is 4.79 Å². The van der Waals surface area contributed by atoms with Crippen LogP contribution in [0.4, 0.5) is 0 Å². The predicted octanol–water partition coefficient (Wildman–Crippen LogP) is 3.32. The standard InChI is InChI=1S/C14H18BrClN2O/c1-2-18(9-11-4-3-7-17-11)14(19)10-5-6-13(16)12(15)8-10/h5-6,8,11,17H,2-4,7,9H2,1H3. The summed E-state index contributed by atoms with van der Waals surface area (Å²) in [5.41, 5.74) is 0.677. The van der Waals surface area contributed by atoms with Crippen molar-refractivity contribution in [3.05, 3.63) is 33.3 Å². The molecular weight excluding hydrogens is 328 g/mol. The zero-order valence-electron chi connectivity index (χ0n) is 11.0. The molecule has 1 amide bonds. The van der Waals surface area contributed by atoms with E-state index < -0.39 is 0 Å². The minimum absolute atomic E-state index is 0.0635. The second-order valence-corrected chi connectivity index (χ2v) is 6.03. The smallest absolute Gasteiger partial charge is 0.253 e. The van der Waals surface area contributed by atoms with Gasteiger partial charge in [-0.3, -0.25) is 4.79 Å². The van der Waals surface area contributed by atoms with Crippen molar-refractivity contribution < 1.29 is 4.79 Å². The second kappa shape index (κ2) is 6.73. The first-order valence-electron chi connectivity index (χ1n) is 6.59. The lowest BCUT2D eigenvalue weighted by Gasteiger charge is -2.24. The minimum Gasteiger partial charge on any atom is -0.337 e. The molecule has 0 radical (unpaired) electrons. The molecule has 0 saturated carbocycles. The Kier molecular flexibility index (Phi) is 5.25. The van der Waals surface area contributed by atoms with E-state index in [1.165, 1.54) is 6.42 Å². The molecule has 1 N–H and O–H groups in total. The zero-order chi connectivity index (χ0) is 13.8. The number of carbonyl (C=O) groups excluding carboxylic acids is 1. The van der Waals surface area contributed by atoms with Gasteiger partial charge >= 0.3 is 0 Å². The van der Waals surface area contributed by atoms with Gasteiger partial charge in [0, 0.05) is 29.2 Å². The van der Waals surface area contributed by atoms with Gasteiger partial charge in [0.1, 0.15) is 0 Å². The lowest BCUT2D eigenvalue weighted by molar-refractivity contribution is 0.0751. The van der Waals surface area contributed by atoms with Crippen LogP contribution in [0.2, 0.25) is 5.02 Å². The van der Waals surface area contributed by atoms with Gasteiger partial charge in [0.15, 0.2) is 0 Å². The van der Waals surface area contributed by atoms with Gasteiger partial charge in [-0.25, -0.2) is 0 Å². The molecule has 5 heteroatoms. The highest BCUT2D eigenvalue weighted by atomic mass is 79.9. The molecule has 0 bridgehead atoms. The van der Waals surface area contributed by atoms with E-state index in [2.05, 4.69) is 21.2 Å². The van der Waals surface area contributed by atoms with E-state index in [0.29, 0.717) is 16.6 Å². The maximum atomic E-state index is 12.5. The molecule has 1 saturated heterocycles. The molecule has 1 aliphatic heterocycles. The van der Waals surface area contributed by atoms with Crippen molar-refractivity contribution in [2.45, 2.75) is 25.8 Å². The third kappa shape index (κ3) is 3.71. The number of hydrogen-bond donors (Lipinski definition) is 1. The lowest BCUT2D eigenvalue weighted by atomic mass is 10.1. The zero-order valence-corrected chi connectivity index (χ0v) is 13.3. The first kappa shape index (κ1) is 14.8. The van der Waals surface area contributed by atoms with Crippen LogP contribution < -0.4 is 5.32 Å². The normalized spacial score (nSPS) is 18.6. The molecule has 0 aromatic heterocycles. The predicted molar refractivity (Wildman–Crippen MR) is 81.8 cm³/mol. The number of nitrogens with zero attached hydrogens (tertiary/aromatic N) is 1. The first-order valence-corrected chi connectivity index (χ1v) is 7.76. The Morgan fingerprint density at radius 1 is 1.58 bits per heavy atom. The highest BCUT2D eigenvalue weighted by molar-refractivity contribution is 9.10. The van der Waals surface area contributed by atoms with E-state index >= 15 is 0 Å². The molecule has 1 aromatic carbocycles. The highest BCUT2D eigenvalue weighted by Crippen LogP contribution is 2.24. The van der Waals surface area contributed by atoms with Gasteiger partial charge in [-0.1, -0.05) is 11.6 Å². The summed E-state index contributed by atoms with van der Waals surface area (Å²) in [5, 5.41) is 4.05.